The molecule has 2 aliphatic carbocycles. The Labute approximate surface area is 148 Å². The van der Waals surface area contributed by atoms with Crippen LogP contribution in [0.25, 0.3) is 5.69 Å². The van der Waals surface area contributed by atoms with Crippen molar-refractivity contribution in [1.82, 2.24) is 20.3 Å². The molecule has 25 heavy (non-hydrogen) atoms. The minimum absolute atomic E-state index is 0.125. The van der Waals surface area contributed by atoms with Crippen LogP contribution in [0, 0.1) is 16.7 Å². The van der Waals surface area contributed by atoms with Gasteiger partial charge in [-0.25, -0.2) is 4.79 Å². The molecular weight excluding hydrogens is 314 g/mol. The Bertz CT molecular complexity index is 768. The third-order valence-corrected chi connectivity index (χ3v) is 6.87. The Morgan fingerprint density at radius 2 is 1.84 bits per heavy atom. The smallest absolute Gasteiger partial charge is 0.319 e. The standard InChI is InChI=1S/C19H25N5O/c1-18(2)13-8-9-19(18,3)16(12-13)23-17(25)22-14-4-6-15(7-5-14)24-20-10-11-21-24/h4-7,10-11,13,16H,8-9,12H2,1-3H3,(H2,22,23,25). The van der Waals surface area contributed by atoms with Gasteiger partial charge >= 0.3 is 6.03 Å². The van der Waals surface area contributed by atoms with Crippen molar-refractivity contribution in [2.75, 3.05) is 5.32 Å². The maximum Gasteiger partial charge on any atom is 0.319 e. The molecule has 0 radical (unpaired) electrons. The van der Waals surface area contributed by atoms with Gasteiger partial charge < -0.3 is 10.6 Å². The zero-order chi connectivity index (χ0) is 17.7. The van der Waals surface area contributed by atoms with Gasteiger partial charge in [-0.3, -0.25) is 0 Å². The Hall–Kier alpha value is -2.37. The van der Waals surface area contributed by atoms with Gasteiger partial charge in [-0.05, 0) is 60.3 Å². The second-order valence-corrected chi connectivity index (χ2v) is 8.13. The van der Waals surface area contributed by atoms with Crippen molar-refractivity contribution in [1.29, 1.82) is 0 Å². The number of amides is 2. The third kappa shape index (κ3) is 2.51. The Kier molecular flexibility index (Phi) is 3.60. The van der Waals surface area contributed by atoms with Crippen molar-refractivity contribution in [3.63, 3.8) is 0 Å². The van der Waals surface area contributed by atoms with Crippen molar-refractivity contribution >= 4 is 11.7 Å². The number of fused-ring (bicyclic) bond motifs is 2. The van der Waals surface area contributed by atoms with Gasteiger partial charge in [-0.2, -0.15) is 15.0 Å². The molecule has 2 amide bonds. The molecule has 2 aliphatic rings. The molecule has 0 aliphatic heterocycles. The van der Waals surface area contributed by atoms with E-state index in [2.05, 4.69) is 41.6 Å². The summed E-state index contributed by atoms with van der Waals surface area (Å²) < 4.78 is 0. The number of hydrogen-bond acceptors (Lipinski definition) is 3. The predicted octanol–water partition coefficient (Wildman–Crippen LogP) is 3.60. The second-order valence-electron chi connectivity index (χ2n) is 8.13. The van der Waals surface area contributed by atoms with Crippen LogP contribution in [0.4, 0.5) is 10.5 Å². The summed E-state index contributed by atoms with van der Waals surface area (Å²) in [6.45, 7) is 7.04. The molecule has 1 aromatic carbocycles. The zero-order valence-electron chi connectivity index (χ0n) is 15.0. The summed E-state index contributed by atoms with van der Waals surface area (Å²) in [4.78, 5) is 14.0. The van der Waals surface area contributed by atoms with Crippen molar-refractivity contribution < 1.29 is 4.79 Å². The lowest BCUT2D eigenvalue weighted by atomic mass is 9.69. The SMILES string of the molecule is CC1(C)C2CCC1(C)C(NC(=O)Nc1ccc(-n3nccn3)cc1)C2. The van der Waals surface area contributed by atoms with Gasteiger partial charge in [0.15, 0.2) is 0 Å². The van der Waals surface area contributed by atoms with E-state index in [1.807, 2.05) is 24.3 Å². The number of carbonyl (C=O) groups is 1. The summed E-state index contributed by atoms with van der Waals surface area (Å²) in [5, 5.41) is 14.4. The fourth-order valence-electron chi connectivity index (χ4n) is 4.77. The average molecular weight is 339 g/mol. The highest BCUT2D eigenvalue weighted by atomic mass is 16.2. The molecule has 6 heteroatoms. The number of nitrogens with zero attached hydrogens (tertiary/aromatic N) is 3. The van der Waals surface area contributed by atoms with E-state index in [4.69, 9.17) is 0 Å². The van der Waals surface area contributed by atoms with Gasteiger partial charge in [-0.1, -0.05) is 20.8 Å². The summed E-state index contributed by atoms with van der Waals surface area (Å²) in [6, 6.07) is 7.62. The first-order valence-corrected chi connectivity index (χ1v) is 8.94. The molecule has 132 valence electrons. The van der Waals surface area contributed by atoms with Gasteiger partial charge in [0.1, 0.15) is 0 Å². The van der Waals surface area contributed by atoms with Gasteiger partial charge in [0, 0.05) is 11.7 Å². The Balaban J connectivity index is 1.40. The van der Waals surface area contributed by atoms with Crippen LogP contribution in [0.2, 0.25) is 0 Å². The molecule has 2 saturated carbocycles. The van der Waals surface area contributed by atoms with E-state index < -0.39 is 0 Å². The zero-order valence-corrected chi connectivity index (χ0v) is 15.0. The molecule has 1 aromatic heterocycles. The van der Waals surface area contributed by atoms with Gasteiger partial charge in [0.05, 0.1) is 18.1 Å². The van der Waals surface area contributed by atoms with Crippen molar-refractivity contribution in [2.24, 2.45) is 16.7 Å². The molecule has 2 N–H and O–H groups in total. The number of urea groups is 1. The van der Waals surface area contributed by atoms with E-state index >= 15 is 0 Å². The van der Waals surface area contributed by atoms with E-state index in [-0.39, 0.29) is 17.5 Å². The quantitative estimate of drug-likeness (QED) is 0.897. The highest BCUT2D eigenvalue weighted by molar-refractivity contribution is 5.89. The first-order valence-electron chi connectivity index (χ1n) is 8.94. The summed E-state index contributed by atoms with van der Waals surface area (Å²) >= 11 is 0. The first kappa shape index (κ1) is 16.1. The summed E-state index contributed by atoms with van der Waals surface area (Å²) in [7, 11) is 0. The molecule has 3 atom stereocenters. The largest absolute Gasteiger partial charge is 0.335 e. The molecule has 2 bridgehead atoms. The monoisotopic (exact) mass is 339 g/mol. The summed E-state index contributed by atoms with van der Waals surface area (Å²) in [6.07, 6.45) is 6.84. The number of hydrogen-bond donors (Lipinski definition) is 2. The number of nitrogens with one attached hydrogen (secondary N) is 2. The minimum Gasteiger partial charge on any atom is -0.335 e. The fourth-order valence-corrected chi connectivity index (χ4v) is 4.77. The highest BCUT2D eigenvalue weighted by Crippen LogP contribution is 2.65. The normalized spacial score (nSPS) is 29.6. The van der Waals surface area contributed by atoms with Crippen molar-refractivity contribution in [3.05, 3.63) is 36.7 Å². The molecular formula is C19H25N5O. The number of aromatic nitrogens is 3. The predicted molar refractivity (Wildman–Crippen MR) is 96.5 cm³/mol. The van der Waals surface area contributed by atoms with E-state index in [1.54, 1.807) is 17.2 Å². The fraction of sp³-hybridized carbons (Fsp3) is 0.526. The van der Waals surface area contributed by atoms with Crippen LogP contribution < -0.4 is 10.6 Å². The minimum atomic E-state index is -0.125. The van der Waals surface area contributed by atoms with E-state index in [0.29, 0.717) is 11.3 Å². The molecule has 4 rings (SSSR count). The highest BCUT2D eigenvalue weighted by Gasteiger charge is 2.61. The number of anilines is 1. The molecule has 0 spiro atoms. The van der Waals surface area contributed by atoms with Crippen LogP contribution >= 0.6 is 0 Å². The second kappa shape index (κ2) is 5.58. The number of benzene rings is 1. The first-order chi connectivity index (χ1) is 11.9. The average Bonchev–Trinajstić information content (AvgIpc) is 3.22. The van der Waals surface area contributed by atoms with Crippen LogP contribution in [-0.4, -0.2) is 27.1 Å². The van der Waals surface area contributed by atoms with Gasteiger partial charge in [0.2, 0.25) is 0 Å². The van der Waals surface area contributed by atoms with Crippen LogP contribution in [0.3, 0.4) is 0 Å². The number of carbonyl (C=O) groups excluding carboxylic acids is 1. The molecule has 6 nitrogen and oxygen atoms in total. The lowest BCUT2D eigenvalue weighted by molar-refractivity contribution is 0.125. The van der Waals surface area contributed by atoms with E-state index in [9.17, 15) is 4.79 Å². The topological polar surface area (TPSA) is 71.8 Å². The molecule has 2 fully saturated rings. The molecule has 3 unspecified atom stereocenters. The lowest BCUT2D eigenvalue weighted by Gasteiger charge is -2.39. The van der Waals surface area contributed by atoms with E-state index in [1.165, 1.54) is 12.8 Å². The maximum absolute atomic E-state index is 12.5. The molecule has 1 heterocycles. The summed E-state index contributed by atoms with van der Waals surface area (Å²) in [5.41, 5.74) is 2.10. The molecule has 2 aromatic rings. The van der Waals surface area contributed by atoms with Crippen LogP contribution in [0.15, 0.2) is 36.7 Å². The Morgan fingerprint density at radius 1 is 1.16 bits per heavy atom. The maximum atomic E-state index is 12.5. The number of rotatable bonds is 3. The lowest BCUT2D eigenvalue weighted by Crippen LogP contribution is -2.48. The Morgan fingerprint density at radius 3 is 2.40 bits per heavy atom. The van der Waals surface area contributed by atoms with Crippen LogP contribution in [0.1, 0.15) is 40.0 Å². The third-order valence-electron chi connectivity index (χ3n) is 6.87. The van der Waals surface area contributed by atoms with Crippen molar-refractivity contribution in [3.8, 4) is 5.69 Å². The van der Waals surface area contributed by atoms with Crippen LogP contribution in [0.5, 0.6) is 0 Å². The van der Waals surface area contributed by atoms with Crippen LogP contribution in [-0.2, 0) is 0 Å². The molecule has 0 saturated heterocycles. The van der Waals surface area contributed by atoms with Gasteiger partial charge in [-0.15, -0.1) is 0 Å². The van der Waals surface area contributed by atoms with Gasteiger partial charge in [0.25, 0.3) is 0 Å². The van der Waals surface area contributed by atoms with Crippen molar-refractivity contribution in [2.45, 2.75) is 46.1 Å². The van der Waals surface area contributed by atoms with E-state index in [0.717, 1.165) is 17.8 Å². The summed E-state index contributed by atoms with van der Waals surface area (Å²) in [5.74, 6) is 0.712.